The van der Waals surface area contributed by atoms with E-state index in [1.54, 1.807) is 11.5 Å². The molecule has 0 spiro atoms. The molecule has 0 atom stereocenters. The fourth-order valence-electron chi connectivity index (χ4n) is 1.53. The van der Waals surface area contributed by atoms with Crippen LogP contribution in [-0.4, -0.2) is 9.55 Å². The molecule has 0 aliphatic carbocycles. The molecule has 0 bridgehead atoms. The Morgan fingerprint density at radius 1 is 1.41 bits per heavy atom. The summed E-state index contributed by atoms with van der Waals surface area (Å²) >= 11 is 0. The van der Waals surface area contributed by atoms with Crippen LogP contribution in [0.2, 0.25) is 0 Å². The van der Waals surface area contributed by atoms with E-state index in [0.29, 0.717) is 11.4 Å². The first-order chi connectivity index (χ1) is 8.10. The first kappa shape index (κ1) is 11.4. The number of benzene rings is 1. The molecule has 0 amide bonds. The number of aromatic nitrogens is 2. The summed E-state index contributed by atoms with van der Waals surface area (Å²) < 4.78 is 27.7. The Morgan fingerprint density at radius 3 is 2.76 bits per heavy atom. The molecule has 0 aliphatic heterocycles. The largest absolute Gasteiger partial charge is 0.328 e. The SMILES string of the molecule is Cc1nc(N=O)cn1Cc1ccc(F)cc1F. The molecule has 2 rings (SSSR count). The van der Waals surface area contributed by atoms with Crippen LogP contribution >= 0.6 is 0 Å². The van der Waals surface area contributed by atoms with Gasteiger partial charge in [0.2, 0.25) is 5.82 Å². The van der Waals surface area contributed by atoms with Crippen molar-refractivity contribution < 1.29 is 8.78 Å². The van der Waals surface area contributed by atoms with Crippen molar-refractivity contribution in [2.45, 2.75) is 13.5 Å². The van der Waals surface area contributed by atoms with Gasteiger partial charge in [-0.2, -0.15) is 0 Å². The molecule has 1 aromatic heterocycles. The average molecular weight is 237 g/mol. The zero-order valence-electron chi connectivity index (χ0n) is 9.02. The zero-order chi connectivity index (χ0) is 12.4. The van der Waals surface area contributed by atoms with Crippen LogP contribution < -0.4 is 0 Å². The first-order valence-corrected chi connectivity index (χ1v) is 4.91. The highest BCUT2D eigenvalue weighted by atomic mass is 19.1. The Hall–Kier alpha value is -2.11. The Kier molecular flexibility index (Phi) is 2.95. The van der Waals surface area contributed by atoms with E-state index < -0.39 is 11.6 Å². The van der Waals surface area contributed by atoms with Gasteiger partial charge in [-0.3, -0.25) is 0 Å². The van der Waals surface area contributed by atoms with E-state index in [4.69, 9.17) is 0 Å². The molecule has 0 saturated heterocycles. The highest BCUT2D eigenvalue weighted by Crippen LogP contribution is 2.15. The lowest BCUT2D eigenvalue weighted by atomic mass is 10.2. The predicted molar refractivity (Wildman–Crippen MR) is 57.9 cm³/mol. The van der Waals surface area contributed by atoms with Crippen molar-refractivity contribution >= 4 is 5.82 Å². The van der Waals surface area contributed by atoms with Crippen LogP contribution in [-0.2, 0) is 6.54 Å². The summed E-state index contributed by atoms with van der Waals surface area (Å²) in [6.07, 6.45) is 1.42. The van der Waals surface area contributed by atoms with Gasteiger partial charge >= 0.3 is 0 Å². The van der Waals surface area contributed by atoms with Gasteiger partial charge in [0.15, 0.2) is 0 Å². The molecule has 6 heteroatoms. The standard InChI is InChI=1S/C11H9F2N3O/c1-7-14-11(15-17)6-16(7)5-8-2-3-9(12)4-10(8)13/h2-4,6H,5H2,1H3. The fourth-order valence-corrected chi connectivity index (χ4v) is 1.53. The predicted octanol–water partition coefficient (Wildman–Crippen LogP) is 2.92. The molecular weight excluding hydrogens is 228 g/mol. The maximum atomic E-state index is 13.4. The summed E-state index contributed by atoms with van der Waals surface area (Å²) in [5, 5.41) is 2.69. The van der Waals surface area contributed by atoms with E-state index in [1.165, 1.54) is 18.3 Å². The Morgan fingerprint density at radius 2 is 2.18 bits per heavy atom. The quantitative estimate of drug-likeness (QED) is 0.770. The van der Waals surface area contributed by atoms with E-state index >= 15 is 0 Å². The lowest BCUT2D eigenvalue weighted by Crippen LogP contribution is -2.03. The molecule has 0 aliphatic rings. The molecule has 1 heterocycles. The van der Waals surface area contributed by atoms with Crippen LogP contribution in [0.5, 0.6) is 0 Å². The number of hydrogen-bond donors (Lipinski definition) is 0. The van der Waals surface area contributed by atoms with Crippen molar-refractivity contribution in [1.82, 2.24) is 9.55 Å². The molecular formula is C11H9F2N3O. The van der Waals surface area contributed by atoms with Crippen LogP contribution in [0.25, 0.3) is 0 Å². The fraction of sp³-hybridized carbons (Fsp3) is 0.182. The first-order valence-electron chi connectivity index (χ1n) is 4.91. The summed E-state index contributed by atoms with van der Waals surface area (Å²) in [6.45, 7) is 1.86. The normalized spacial score (nSPS) is 10.5. The van der Waals surface area contributed by atoms with Crippen molar-refractivity contribution in [2.75, 3.05) is 0 Å². The van der Waals surface area contributed by atoms with Crippen molar-refractivity contribution in [2.24, 2.45) is 5.18 Å². The Bertz CT molecular complexity index is 566. The molecule has 4 nitrogen and oxygen atoms in total. The van der Waals surface area contributed by atoms with Gasteiger partial charge in [-0.15, -0.1) is 4.91 Å². The highest BCUT2D eigenvalue weighted by Gasteiger charge is 2.08. The second-order valence-corrected chi connectivity index (χ2v) is 3.60. The third-order valence-corrected chi connectivity index (χ3v) is 2.41. The van der Waals surface area contributed by atoms with Gasteiger partial charge in [0.05, 0.1) is 12.7 Å². The summed E-state index contributed by atoms with van der Waals surface area (Å²) in [6, 6.07) is 3.36. The number of aryl methyl sites for hydroxylation is 1. The van der Waals surface area contributed by atoms with Gasteiger partial charge in [-0.1, -0.05) is 6.07 Å². The molecule has 88 valence electrons. The van der Waals surface area contributed by atoms with Crippen molar-refractivity contribution in [3.63, 3.8) is 0 Å². The molecule has 0 radical (unpaired) electrons. The number of nitrogens with zero attached hydrogens (tertiary/aromatic N) is 3. The Balaban J connectivity index is 2.30. The van der Waals surface area contributed by atoms with Gasteiger partial charge in [-0.05, 0) is 18.2 Å². The molecule has 0 fully saturated rings. The van der Waals surface area contributed by atoms with E-state index in [-0.39, 0.29) is 12.4 Å². The summed E-state index contributed by atoms with van der Waals surface area (Å²) in [4.78, 5) is 14.1. The number of imidazole rings is 1. The van der Waals surface area contributed by atoms with Crippen LogP contribution in [0.15, 0.2) is 29.6 Å². The average Bonchev–Trinajstić information content (AvgIpc) is 2.64. The highest BCUT2D eigenvalue weighted by molar-refractivity contribution is 5.26. The molecule has 1 aromatic carbocycles. The van der Waals surface area contributed by atoms with Crippen LogP contribution in [0, 0.1) is 23.5 Å². The summed E-state index contributed by atoms with van der Waals surface area (Å²) in [5.74, 6) is -0.657. The summed E-state index contributed by atoms with van der Waals surface area (Å²) in [5.41, 5.74) is 0.323. The van der Waals surface area contributed by atoms with Gasteiger partial charge < -0.3 is 4.57 Å². The molecule has 0 N–H and O–H groups in total. The number of hydrogen-bond acceptors (Lipinski definition) is 3. The van der Waals surface area contributed by atoms with E-state index in [1.807, 2.05) is 0 Å². The Labute approximate surface area is 95.9 Å². The number of rotatable bonds is 3. The number of nitroso groups, excluding NO2 is 1. The van der Waals surface area contributed by atoms with E-state index in [0.717, 1.165) is 6.07 Å². The third kappa shape index (κ3) is 2.35. The van der Waals surface area contributed by atoms with E-state index in [2.05, 4.69) is 10.2 Å². The lowest BCUT2D eigenvalue weighted by Gasteiger charge is -2.05. The second kappa shape index (κ2) is 4.40. The number of halogens is 2. The van der Waals surface area contributed by atoms with Gasteiger partial charge in [-0.25, -0.2) is 13.8 Å². The van der Waals surface area contributed by atoms with Gasteiger partial charge in [0.25, 0.3) is 0 Å². The molecule has 0 saturated carbocycles. The second-order valence-electron chi connectivity index (χ2n) is 3.60. The molecule has 17 heavy (non-hydrogen) atoms. The minimum Gasteiger partial charge on any atom is -0.328 e. The van der Waals surface area contributed by atoms with Crippen molar-refractivity contribution in [1.29, 1.82) is 0 Å². The van der Waals surface area contributed by atoms with Gasteiger partial charge in [0, 0.05) is 11.6 Å². The van der Waals surface area contributed by atoms with E-state index in [9.17, 15) is 13.7 Å². The maximum Gasteiger partial charge on any atom is 0.214 e. The monoisotopic (exact) mass is 237 g/mol. The lowest BCUT2D eigenvalue weighted by molar-refractivity contribution is 0.565. The molecule has 2 aromatic rings. The minimum absolute atomic E-state index is 0.0463. The van der Waals surface area contributed by atoms with Crippen LogP contribution in [0.3, 0.4) is 0 Å². The smallest absolute Gasteiger partial charge is 0.214 e. The van der Waals surface area contributed by atoms with Crippen LogP contribution in [0.4, 0.5) is 14.6 Å². The topological polar surface area (TPSA) is 47.2 Å². The zero-order valence-corrected chi connectivity index (χ0v) is 9.02. The van der Waals surface area contributed by atoms with Gasteiger partial charge in [0.1, 0.15) is 17.5 Å². The van der Waals surface area contributed by atoms with Crippen LogP contribution in [0.1, 0.15) is 11.4 Å². The summed E-state index contributed by atoms with van der Waals surface area (Å²) in [7, 11) is 0. The van der Waals surface area contributed by atoms with Crippen molar-refractivity contribution in [3.05, 3.63) is 52.3 Å². The maximum absolute atomic E-state index is 13.4. The molecule has 0 unspecified atom stereocenters. The van der Waals surface area contributed by atoms with Crippen molar-refractivity contribution in [3.8, 4) is 0 Å². The minimum atomic E-state index is -0.626. The third-order valence-electron chi connectivity index (χ3n) is 2.41.